The second-order valence-electron chi connectivity index (χ2n) is 4.20. The molecule has 4 N–H and O–H groups in total. The van der Waals surface area contributed by atoms with E-state index in [0.29, 0.717) is 23.6 Å². The van der Waals surface area contributed by atoms with E-state index < -0.39 is 12.2 Å². The quantitative estimate of drug-likeness (QED) is 0.607. The third-order valence-electron chi connectivity index (χ3n) is 3.18. The molecule has 18 heavy (non-hydrogen) atoms. The summed E-state index contributed by atoms with van der Waals surface area (Å²) in [7, 11) is 0. The zero-order chi connectivity index (χ0) is 12.7. The molecule has 3 unspecified atom stereocenters. The van der Waals surface area contributed by atoms with Crippen molar-refractivity contribution in [2.75, 3.05) is 18.9 Å². The van der Waals surface area contributed by atoms with Crippen LogP contribution < -0.4 is 5.73 Å². The van der Waals surface area contributed by atoms with E-state index in [4.69, 9.17) is 15.6 Å². The number of fused-ring (bicyclic) bond motifs is 1. The summed E-state index contributed by atoms with van der Waals surface area (Å²) in [6.45, 7) is 0.0726. The van der Waals surface area contributed by atoms with Gasteiger partial charge in [0.05, 0.1) is 25.6 Å². The number of ether oxygens (including phenoxy) is 1. The lowest BCUT2D eigenvalue weighted by Crippen LogP contribution is -2.30. The van der Waals surface area contributed by atoms with Gasteiger partial charge >= 0.3 is 0 Å². The maximum Gasteiger partial charge on any atom is 0.165 e. The van der Waals surface area contributed by atoms with E-state index in [1.54, 1.807) is 10.9 Å². The van der Waals surface area contributed by atoms with Gasteiger partial charge in [0, 0.05) is 0 Å². The minimum Gasteiger partial charge on any atom is -0.394 e. The first-order valence-electron chi connectivity index (χ1n) is 5.56. The first-order chi connectivity index (χ1) is 8.72. The molecule has 1 saturated heterocycles. The van der Waals surface area contributed by atoms with Crippen molar-refractivity contribution in [2.45, 2.75) is 18.2 Å². The number of hydrogen-bond acceptors (Lipinski definition) is 7. The number of hydrogen-bond donors (Lipinski definition) is 3. The van der Waals surface area contributed by atoms with Crippen LogP contribution in [0.3, 0.4) is 0 Å². The molecule has 1 aliphatic rings. The van der Waals surface area contributed by atoms with Gasteiger partial charge in [0.1, 0.15) is 24.1 Å². The lowest BCUT2D eigenvalue weighted by Gasteiger charge is -2.17. The van der Waals surface area contributed by atoms with Crippen molar-refractivity contribution in [3.05, 3.63) is 12.7 Å². The lowest BCUT2D eigenvalue weighted by atomic mass is 10.1. The predicted octanol–water partition coefficient (Wildman–Crippen LogP) is -1.30. The van der Waals surface area contributed by atoms with Crippen LogP contribution in [0.15, 0.2) is 12.7 Å². The number of imidazole rings is 1. The largest absolute Gasteiger partial charge is 0.394 e. The minimum absolute atomic E-state index is 0.221. The zero-order valence-electron chi connectivity index (χ0n) is 9.47. The Hall–Kier alpha value is -1.77. The van der Waals surface area contributed by atoms with Gasteiger partial charge in [-0.3, -0.25) is 0 Å². The summed E-state index contributed by atoms with van der Waals surface area (Å²) in [5.74, 6) is 0.297. The van der Waals surface area contributed by atoms with E-state index in [9.17, 15) is 5.11 Å². The topological polar surface area (TPSA) is 119 Å². The fourth-order valence-corrected chi connectivity index (χ4v) is 2.19. The van der Waals surface area contributed by atoms with Crippen LogP contribution in [0.4, 0.5) is 5.82 Å². The highest BCUT2D eigenvalue weighted by molar-refractivity contribution is 5.81. The smallest absolute Gasteiger partial charge is 0.165 e. The van der Waals surface area contributed by atoms with E-state index in [-0.39, 0.29) is 12.6 Å². The number of nitrogens with two attached hydrogens (primary N) is 1. The third kappa shape index (κ3) is 1.54. The molecule has 0 aromatic carbocycles. The van der Waals surface area contributed by atoms with Gasteiger partial charge < -0.3 is 25.3 Å². The third-order valence-corrected chi connectivity index (χ3v) is 3.18. The van der Waals surface area contributed by atoms with Crippen LogP contribution in [0.2, 0.25) is 0 Å². The van der Waals surface area contributed by atoms with Crippen molar-refractivity contribution in [3.63, 3.8) is 0 Å². The Balaban J connectivity index is 2.03. The fraction of sp³-hybridized carbons (Fsp3) is 0.500. The highest BCUT2D eigenvalue weighted by Crippen LogP contribution is 2.28. The molecule has 0 spiro atoms. The molecule has 3 atom stereocenters. The molecule has 0 amide bonds. The first kappa shape index (κ1) is 11.3. The van der Waals surface area contributed by atoms with Gasteiger partial charge in [0.2, 0.25) is 0 Å². The van der Waals surface area contributed by atoms with Crippen LogP contribution in [0.25, 0.3) is 11.2 Å². The Morgan fingerprint density at radius 3 is 3.00 bits per heavy atom. The van der Waals surface area contributed by atoms with Crippen LogP contribution in [-0.4, -0.2) is 55.2 Å². The van der Waals surface area contributed by atoms with Crippen LogP contribution in [0.5, 0.6) is 0 Å². The Morgan fingerprint density at radius 2 is 2.28 bits per heavy atom. The summed E-state index contributed by atoms with van der Waals surface area (Å²) in [6, 6.07) is -0.332. The van der Waals surface area contributed by atoms with Crippen molar-refractivity contribution in [2.24, 2.45) is 0 Å². The zero-order valence-corrected chi connectivity index (χ0v) is 9.47. The first-order valence-corrected chi connectivity index (χ1v) is 5.56. The van der Waals surface area contributed by atoms with E-state index >= 15 is 0 Å². The molecule has 3 heterocycles. The Bertz CT molecular complexity index is 572. The highest BCUT2D eigenvalue weighted by atomic mass is 16.5. The van der Waals surface area contributed by atoms with Gasteiger partial charge in [-0.2, -0.15) is 0 Å². The molecule has 2 aromatic heterocycles. The van der Waals surface area contributed by atoms with E-state index in [0.717, 1.165) is 0 Å². The summed E-state index contributed by atoms with van der Waals surface area (Å²) < 4.78 is 7.01. The number of nitrogens with zero attached hydrogens (tertiary/aromatic N) is 4. The summed E-state index contributed by atoms with van der Waals surface area (Å²) in [5, 5.41) is 19.1. The van der Waals surface area contributed by atoms with Crippen LogP contribution >= 0.6 is 0 Å². The minimum atomic E-state index is -0.802. The van der Waals surface area contributed by atoms with Gasteiger partial charge in [-0.25, -0.2) is 15.0 Å². The predicted molar refractivity (Wildman–Crippen MR) is 61.6 cm³/mol. The molecule has 8 nitrogen and oxygen atoms in total. The SMILES string of the molecule is Nc1ncnc2c1ncn2C1COC(CO)C1O. The highest BCUT2D eigenvalue weighted by Gasteiger charge is 2.37. The molecular formula is C10H13N5O3. The molecule has 2 aromatic rings. The normalized spacial score (nSPS) is 28.0. The summed E-state index contributed by atoms with van der Waals surface area (Å²) >= 11 is 0. The number of nitrogen functional groups attached to an aromatic ring is 1. The molecule has 96 valence electrons. The van der Waals surface area contributed by atoms with Crippen molar-refractivity contribution in [1.82, 2.24) is 19.5 Å². The molecule has 3 rings (SSSR count). The Morgan fingerprint density at radius 1 is 1.44 bits per heavy atom. The van der Waals surface area contributed by atoms with Gasteiger partial charge in [-0.1, -0.05) is 0 Å². The number of rotatable bonds is 2. The summed E-state index contributed by atoms with van der Waals surface area (Å²) in [4.78, 5) is 12.1. The number of aliphatic hydroxyl groups is 2. The second-order valence-corrected chi connectivity index (χ2v) is 4.20. The van der Waals surface area contributed by atoms with E-state index in [1.165, 1.54) is 6.33 Å². The van der Waals surface area contributed by atoms with Crippen molar-refractivity contribution < 1.29 is 14.9 Å². The summed E-state index contributed by atoms with van der Waals surface area (Å²) in [6.07, 6.45) is 1.52. The molecule has 0 saturated carbocycles. The van der Waals surface area contributed by atoms with E-state index in [1.807, 2.05) is 0 Å². The standard InChI is InChI=1S/C10H13N5O3/c11-9-7-10(13-3-12-9)15(4-14-7)5-2-18-6(1-16)8(5)17/h3-6,8,16-17H,1-2H2,(H2,11,12,13). The van der Waals surface area contributed by atoms with E-state index in [2.05, 4.69) is 15.0 Å². The second kappa shape index (κ2) is 4.16. The molecule has 1 fully saturated rings. The maximum absolute atomic E-state index is 10.0. The van der Waals surface area contributed by atoms with Crippen LogP contribution in [-0.2, 0) is 4.74 Å². The fourth-order valence-electron chi connectivity index (χ4n) is 2.19. The van der Waals surface area contributed by atoms with Crippen molar-refractivity contribution in [1.29, 1.82) is 0 Å². The van der Waals surface area contributed by atoms with Gasteiger partial charge in [0.15, 0.2) is 11.5 Å². The molecule has 0 bridgehead atoms. The van der Waals surface area contributed by atoms with Crippen molar-refractivity contribution >= 4 is 17.0 Å². The maximum atomic E-state index is 10.0. The number of anilines is 1. The Kier molecular flexibility index (Phi) is 2.62. The average Bonchev–Trinajstić information content (AvgIpc) is 2.93. The van der Waals surface area contributed by atoms with Gasteiger partial charge in [-0.15, -0.1) is 0 Å². The monoisotopic (exact) mass is 251 g/mol. The molecular weight excluding hydrogens is 238 g/mol. The van der Waals surface area contributed by atoms with Gasteiger partial charge in [-0.05, 0) is 0 Å². The number of aliphatic hydroxyl groups excluding tert-OH is 2. The van der Waals surface area contributed by atoms with Crippen LogP contribution in [0, 0.1) is 0 Å². The Labute approximate surface area is 102 Å². The molecule has 1 aliphatic heterocycles. The van der Waals surface area contributed by atoms with Crippen molar-refractivity contribution in [3.8, 4) is 0 Å². The molecule has 8 heteroatoms. The lowest BCUT2D eigenvalue weighted by molar-refractivity contribution is 0.00206. The van der Waals surface area contributed by atoms with Gasteiger partial charge in [0.25, 0.3) is 0 Å². The number of aromatic nitrogens is 4. The van der Waals surface area contributed by atoms with Crippen LogP contribution in [0.1, 0.15) is 6.04 Å². The average molecular weight is 251 g/mol. The molecule has 0 radical (unpaired) electrons. The molecule has 0 aliphatic carbocycles. The summed E-state index contributed by atoms with van der Waals surface area (Å²) in [5.41, 5.74) is 6.74.